The van der Waals surface area contributed by atoms with Crippen LogP contribution in [0.15, 0.2) is 5.38 Å². The molecule has 1 aromatic heterocycles. The molecule has 2 rings (SSSR count). The van der Waals surface area contributed by atoms with Crippen molar-refractivity contribution in [2.45, 2.75) is 57.8 Å². The van der Waals surface area contributed by atoms with Crippen molar-refractivity contribution in [2.24, 2.45) is 5.92 Å². The number of hydrogen-bond donors (Lipinski definition) is 1. The Hall–Kier alpha value is -0.900. The van der Waals surface area contributed by atoms with Crippen LogP contribution in [0.5, 0.6) is 0 Å². The third-order valence-corrected chi connectivity index (χ3v) is 4.75. The molecule has 0 bridgehead atoms. The maximum absolute atomic E-state index is 11.0. The van der Waals surface area contributed by atoms with E-state index in [1.54, 1.807) is 11.3 Å². The van der Waals surface area contributed by atoms with Gasteiger partial charge in [0.2, 0.25) is 0 Å². The summed E-state index contributed by atoms with van der Waals surface area (Å²) in [5.41, 5.74) is 1.20. The molecule has 0 saturated heterocycles. The first-order valence-electron chi connectivity index (χ1n) is 6.87. The number of hydrogen-bond acceptors (Lipinski definition) is 3. The fourth-order valence-electron chi connectivity index (χ4n) is 2.62. The van der Waals surface area contributed by atoms with E-state index in [0.717, 1.165) is 5.01 Å². The smallest absolute Gasteiger partial charge is 0.306 e. The molecule has 1 saturated carbocycles. The van der Waals surface area contributed by atoms with Gasteiger partial charge in [-0.25, -0.2) is 4.98 Å². The molecule has 1 aliphatic carbocycles. The topological polar surface area (TPSA) is 50.2 Å². The molecular weight excluding hydrogens is 246 g/mol. The molecule has 4 heteroatoms. The van der Waals surface area contributed by atoms with Crippen LogP contribution >= 0.6 is 11.3 Å². The van der Waals surface area contributed by atoms with Crippen LogP contribution in [0.25, 0.3) is 0 Å². The molecule has 1 aliphatic rings. The van der Waals surface area contributed by atoms with Crippen LogP contribution in [0, 0.1) is 5.92 Å². The summed E-state index contributed by atoms with van der Waals surface area (Å²) >= 11 is 1.63. The van der Waals surface area contributed by atoms with Gasteiger partial charge in [-0.1, -0.05) is 26.2 Å². The molecule has 3 nitrogen and oxygen atoms in total. The molecule has 0 aromatic carbocycles. The summed E-state index contributed by atoms with van der Waals surface area (Å²) < 4.78 is 0. The molecule has 18 heavy (non-hydrogen) atoms. The van der Waals surface area contributed by atoms with E-state index in [9.17, 15) is 4.79 Å². The monoisotopic (exact) mass is 267 g/mol. The summed E-state index contributed by atoms with van der Waals surface area (Å²) in [5.74, 6) is -0.365. The van der Waals surface area contributed by atoms with Crippen molar-refractivity contribution in [3.8, 4) is 0 Å². The highest BCUT2D eigenvalue weighted by molar-refractivity contribution is 7.09. The van der Waals surface area contributed by atoms with Gasteiger partial charge in [0.15, 0.2) is 0 Å². The normalized spacial score (nSPS) is 18.7. The highest BCUT2D eigenvalue weighted by atomic mass is 32.1. The van der Waals surface area contributed by atoms with Crippen molar-refractivity contribution in [1.29, 1.82) is 0 Å². The maximum Gasteiger partial charge on any atom is 0.306 e. The van der Waals surface area contributed by atoms with Crippen molar-refractivity contribution in [3.05, 3.63) is 16.1 Å². The van der Waals surface area contributed by atoms with Gasteiger partial charge < -0.3 is 5.11 Å². The largest absolute Gasteiger partial charge is 0.481 e. The average Bonchev–Trinajstić information content (AvgIpc) is 2.85. The Bertz CT molecular complexity index is 396. The predicted molar refractivity (Wildman–Crippen MR) is 73.1 cm³/mol. The first kappa shape index (κ1) is 13.5. The quantitative estimate of drug-likeness (QED) is 0.881. The Labute approximate surface area is 112 Å². The number of rotatable bonds is 5. The van der Waals surface area contributed by atoms with Crippen molar-refractivity contribution >= 4 is 17.3 Å². The lowest BCUT2D eigenvalue weighted by Crippen LogP contribution is -2.15. The van der Waals surface area contributed by atoms with E-state index >= 15 is 0 Å². The van der Waals surface area contributed by atoms with Gasteiger partial charge in [-0.3, -0.25) is 4.79 Å². The average molecular weight is 267 g/mol. The number of aromatic nitrogens is 1. The number of carbonyl (C=O) groups is 1. The standard InChI is InChI=1S/C14H21NO2S/c1-2-10(14(16)17)8-13-15-12(9-18-13)11-6-4-3-5-7-11/h9-11H,2-8H2,1H3,(H,16,17). The van der Waals surface area contributed by atoms with Gasteiger partial charge in [0.05, 0.1) is 16.6 Å². The maximum atomic E-state index is 11.0. The molecule has 0 amide bonds. The highest BCUT2D eigenvalue weighted by Gasteiger charge is 2.21. The summed E-state index contributed by atoms with van der Waals surface area (Å²) in [6, 6.07) is 0. The molecule has 1 unspecified atom stereocenters. The molecule has 1 aromatic rings. The summed E-state index contributed by atoms with van der Waals surface area (Å²) in [6.45, 7) is 1.93. The molecule has 0 aliphatic heterocycles. The molecule has 1 fully saturated rings. The highest BCUT2D eigenvalue weighted by Crippen LogP contribution is 2.33. The van der Waals surface area contributed by atoms with Gasteiger partial charge in [0, 0.05) is 17.7 Å². The summed E-state index contributed by atoms with van der Waals surface area (Å²) in [6.07, 6.45) is 7.73. The van der Waals surface area contributed by atoms with E-state index in [1.165, 1.54) is 37.8 Å². The van der Waals surface area contributed by atoms with Gasteiger partial charge in [-0.2, -0.15) is 0 Å². The molecule has 0 spiro atoms. The van der Waals surface area contributed by atoms with Gasteiger partial charge in [-0.05, 0) is 19.3 Å². The van der Waals surface area contributed by atoms with E-state index < -0.39 is 5.97 Å². The van der Waals surface area contributed by atoms with Gasteiger partial charge in [0.1, 0.15) is 0 Å². The number of nitrogens with zero attached hydrogens (tertiary/aromatic N) is 1. The predicted octanol–water partition coefficient (Wildman–Crippen LogP) is 3.84. The van der Waals surface area contributed by atoms with Crippen molar-refractivity contribution < 1.29 is 9.90 Å². The Balaban J connectivity index is 1.98. The summed E-state index contributed by atoms with van der Waals surface area (Å²) in [5, 5.41) is 12.2. The summed E-state index contributed by atoms with van der Waals surface area (Å²) in [4.78, 5) is 15.7. The van der Waals surface area contributed by atoms with Crippen LogP contribution in [0.1, 0.15) is 62.1 Å². The van der Waals surface area contributed by atoms with Crippen molar-refractivity contribution in [1.82, 2.24) is 4.98 Å². The Morgan fingerprint density at radius 1 is 1.50 bits per heavy atom. The van der Waals surface area contributed by atoms with Gasteiger partial charge >= 0.3 is 5.97 Å². The minimum atomic E-state index is -0.702. The summed E-state index contributed by atoms with van der Waals surface area (Å²) in [7, 11) is 0. The van der Waals surface area contributed by atoms with E-state index in [4.69, 9.17) is 5.11 Å². The molecule has 1 N–H and O–H groups in total. The first-order chi connectivity index (χ1) is 8.70. The lowest BCUT2D eigenvalue weighted by atomic mass is 9.87. The molecule has 1 atom stereocenters. The number of thiazole rings is 1. The van der Waals surface area contributed by atoms with Crippen LogP contribution < -0.4 is 0 Å². The van der Waals surface area contributed by atoms with E-state index in [1.807, 2.05) is 6.92 Å². The first-order valence-corrected chi connectivity index (χ1v) is 7.75. The minimum Gasteiger partial charge on any atom is -0.481 e. The van der Waals surface area contributed by atoms with Gasteiger partial charge in [0.25, 0.3) is 0 Å². The lowest BCUT2D eigenvalue weighted by molar-refractivity contribution is -0.141. The third-order valence-electron chi connectivity index (χ3n) is 3.86. The zero-order chi connectivity index (χ0) is 13.0. The van der Waals surface area contributed by atoms with Crippen LogP contribution in [-0.4, -0.2) is 16.1 Å². The fourth-order valence-corrected chi connectivity index (χ4v) is 3.58. The second kappa shape index (κ2) is 6.32. The zero-order valence-corrected chi connectivity index (χ0v) is 11.7. The molecule has 1 heterocycles. The number of carboxylic acids is 1. The number of carboxylic acid groups (broad SMARTS) is 1. The third kappa shape index (κ3) is 3.31. The van der Waals surface area contributed by atoms with E-state index in [-0.39, 0.29) is 5.92 Å². The molecular formula is C14H21NO2S. The fraction of sp³-hybridized carbons (Fsp3) is 0.714. The second-order valence-corrected chi connectivity index (χ2v) is 6.09. The van der Waals surface area contributed by atoms with Crippen molar-refractivity contribution in [2.75, 3.05) is 0 Å². The minimum absolute atomic E-state index is 0.282. The van der Waals surface area contributed by atoms with Crippen LogP contribution in [-0.2, 0) is 11.2 Å². The number of aliphatic carboxylic acids is 1. The Morgan fingerprint density at radius 2 is 2.22 bits per heavy atom. The SMILES string of the molecule is CCC(Cc1nc(C2CCCCC2)cs1)C(=O)O. The molecule has 0 radical (unpaired) electrons. The molecule has 100 valence electrons. The van der Waals surface area contributed by atoms with E-state index in [2.05, 4.69) is 10.4 Å². The van der Waals surface area contributed by atoms with Crippen LogP contribution in [0.2, 0.25) is 0 Å². The van der Waals surface area contributed by atoms with Crippen LogP contribution in [0.3, 0.4) is 0 Å². The Kier molecular flexibility index (Phi) is 4.75. The van der Waals surface area contributed by atoms with E-state index in [0.29, 0.717) is 18.8 Å². The lowest BCUT2D eigenvalue weighted by Gasteiger charge is -2.19. The van der Waals surface area contributed by atoms with Crippen molar-refractivity contribution in [3.63, 3.8) is 0 Å². The van der Waals surface area contributed by atoms with Crippen LogP contribution in [0.4, 0.5) is 0 Å². The zero-order valence-electron chi connectivity index (χ0n) is 10.9. The van der Waals surface area contributed by atoms with Gasteiger partial charge in [-0.15, -0.1) is 11.3 Å². The second-order valence-electron chi connectivity index (χ2n) is 5.15. The Morgan fingerprint density at radius 3 is 2.83 bits per heavy atom.